The summed E-state index contributed by atoms with van der Waals surface area (Å²) in [6, 6.07) is 0. The zero-order valence-electron chi connectivity index (χ0n) is 8.98. The normalized spacial score (nSPS) is 12.9. The van der Waals surface area contributed by atoms with E-state index in [9.17, 15) is 4.79 Å². The molecule has 0 saturated heterocycles. The average Bonchev–Trinajstić information content (AvgIpc) is 2.02. The average molecular weight is 178 g/mol. The fourth-order valence-electron chi connectivity index (χ4n) is 1.38. The third kappa shape index (κ3) is 3.41. The van der Waals surface area contributed by atoms with Crippen LogP contribution in [0.15, 0.2) is 35.5 Å². The Morgan fingerprint density at radius 3 is 2.15 bits per heavy atom. The van der Waals surface area contributed by atoms with Crippen LogP contribution in [0.5, 0.6) is 0 Å². The maximum Gasteiger partial charge on any atom is 0.160 e. The van der Waals surface area contributed by atoms with Gasteiger partial charge < -0.3 is 0 Å². The van der Waals surface area contributed by atoms with Crippen molar-refractivity contribution in [1.82, 2.24) is 0 Å². The standard InChI is InChI=1S/C12H18O/c1-6-8-11(7-2)12(9(3)4)10(5)13/h6,8H,3,7H2,1-2,4-5H3/b8-6-,12-11+. The second-order valence-corrected chi connectivity index (χ2v) is 3.09. The molecule has 0 aromatic rings. The van der Waals surface area contributed by atoms with E-state index in [4.69, 9.17) is 0 Å². The Hall–Kier alpha value is -1.11. The largest absolute Gasteiger partial charge is 0.294 e. The summed E-state index contributed by atoms with van der Waals surface area (Å²) < 4.78 is 0. The maximum absolute atomic E-state index is 11.3. The van der Waals surface area contributed by atoms with Crippen molar-refractivity contribution in [3.8, 4) is 0 Å². The molecule has 0 heterocycles. The highest BCUT2D eigenvalue weighted by Crippen LogP contribution is 2.18. The Morgan fingerprint density at radius 1 is 1.38 bits per heavy atom. The van der Waals surface area contributed by atoms with Crippen molar-refractivity contribution in [2.75, 3.05) is 0 Å². The number of ketones is 1. The molecule has 0 bridgehead atoms. The highest BCUT2D eigenvalue weighted by molar-refractivity contribution is 5.98. The van der Waals surface area contributed by atoms with Gasteiger partial charge in [0.05, 0.1) is 0 Å². The van der Waals surface area contributed by atoms with E-state index in [0.717, 1.165) is 23.1 Å². The van der Waals surface area contributed by atoms with Gasteiger partial charge in [0.2, 0.25) is 0 Å². The van der Waals surface area contributed by atoms with Crippen molar-refractivity contribution >= 4 is 5.78 Å². The van der Waals surface area contributed by atoms with Gasteiger partial charge in [0.25, 0.3) is 0 Å². The number of carbonyl (C=O) groups is 1. The Morgan fingerprint density at radius 2 is 1.92 bits per heavy atom. The summed E-state index contributed by atoms with van der Waals surface area (Å²) in [5.74, 6) is 0.0995. The first kappa shape index (κ1) is 11.9. The molecule has 13 heavy (non-hydrogen) atoms. The zero-order chi connectivity index (χ0) is 10.4. The molecule has 0 amide bonds. The monoisotopic (exact) mass is 178 g/mol. The number of hydrogen-bond donors (Lipinski definition) is 0. The molecule has 0 unspecified atom stereocenters. The molecule has 0 aliphatic carbocycles. The summed E-state index contributed by atoms with van der Waals surface area (Å²) in [5, 5.41) is 0. The van der Waals surface area contributed by atoms with E-state index in [1.807, 2.05) is 32.9 Å². The summed E-state index contributed by atoms with van der Waals surface area (Å²) in [5.41, 5.74) is 2.70. The van der Waals surface area contributed by atoms with Crippen LogP contribution in [-0.2, 0) is 4.79 Å². The smallest absolute Gasteiger partial charge is 0.160 e. The minimum Gasteiger partial charge on any atom is -0.294 e. The summed E-state index contributed by atoms with van der Waals surface area (Å²) >= 11 is 0. The molecule has 1 nitrogen and oxygen atoms in total. The van der Waals surface area contributed by atoms with Crippen LogP contribution in [0.2, 0.25) is 0 Å². The molecule has 0 aliphatic rings. The number of carbonyl (C=O) groups excluding carboxylic acids is 1. The van der Waals surface area contributed by atoms with E-state index in [1.54, 1.807) is 6.92 Å². The highest BCUT2D eigenvalue weighted by atomic mass is 16.1. The number of hydrogen-bond acceptors (Lipinski definition) is 1. The molecule has 0 saturated carbocycles. The zero-order valence-corrected chi connectivity index (χ0v) is 8.98. The van der Waals surface area contributed by atoms with Gasteiger partial charge >= 0.3 is 0 Å². The summed E-state index contributed by atoms with van der Waals surface area (Å²) in [6.07, 6.45) is 4.79. The van der Waals surface area contributed by atoms with Crippen LogP contribution >= 0.6 is 0 Å². The van der Waals surface area contributed by atoms with Crippen LogP contribution in [0.3, 0.4) is 0 Å². The fraction of sp³-hybridized carbons (Fsp3) is 0.417. The van der Waals surface area contributed by atoms with Crippen molar-refractivity contribution in [3.05, 3.63) is 35.5 Å². The van der Waals surface area contributed by atoms with Gasteiger partial charge in [0.15, 0.2) is 5.78 Å². The molecular formula is C12H18O. The van der Waals surface area contributed by atoms with Crippen LogP contribution in [-0.4, -0.2) is 5.78 Å². The summed E-state index contributed by atoms with van der Waals surface area (Å²) in [7, 11) is 0. The predicted octanol–water partition coefficient (Wildman–Crippen LogP) is 3.43. The molecule has 0 fully saturated rings. The van der Waals surface area contributed by atoms with Crippen LogP contribution in [0, 0.1) is 0 Å². The Labute approximate surface area is 80.8 Å². The molecule has 0 atom stereocenters. The third-order valence-electron chi connectivity index (χ3n) is 1.85. The lowest BCUT2D eigenvalue weighted by Crippen LogP contribution is -2.01. The van der Waals surface area contributed by atoms with Gasteiger partial charge in [-0.2, -0.15) is 0 Å². The van der Waals surface area contributed by atoms with Crippen molar-refractivity contribution in [1.29, 1.82) is 0 Å². The van der Waals surface area contributed by atoms with Crippen molar-refractivity contribution < 1.29 is 4.79 Å². The van der Waals surface area contributed by atoms with Gasteiger partial charge in [-0.3, -0.25) is 4.79 Å². The highest BCUT2D eigenvalue weighted by Gasteiger charge is 2.08. The Bertz CT molecular complexity index is 251. The summed E-state index contributed by atoms with van der Waals surface area (Å²) in [4.78, 5) is 11.3. The molecule has 0 aliphatic heterocycles. The van der Waals surface area contributed by atoms with Crippen LogP contribution in [0.25, 0.3) is 0 Å². The quantitative estimate of drug-likeness (QED) is 0.476. The third-order valence-corrected chi connectivity index (χ3v) is 1.85. The second kappa shape index (κ2) is 5.52. The minimum absolute atomic E-state index is 0.0995. The van der Waals surface area contributed by atoms with Crippen molar-refractivity contribution in [2.24, 2.45) is 0 Å². The van der Waals surface area contributed by atoms with E-state index in [1.165, 1.54) is 0 Å². The van der Waals surface area contributed by atoms with E-state index in [-0.39, 0.29) is 5.78 Å². The van der Waals surface area contributed by atoms with Gasteiger partial charge in [-0.15, -0.1) is 0 Å². The second-order valence-electron chi connectivity index (χ2n) is 3.09. The molecule has 0 N–H and O–H groups in total. The lowest BCUT2D eigenvalue weighted by atomic mass is 9.97. The van der Waals surface area contributed by atoms with Crippen molar-refractivity contribution in [2.45, 2.75) is 34.1 Å². The van der Waals surface area contributed by atoms with Gasteiger partial charge in [-0.05, 0) is 38.3 Å². The van der Waals surface area contributed by atoms with Gasteiger partial charge in [0.1, 0.15) is 0 Å². The minimum atomic E-state index is 0.0995. The fourth-order valence-corrected chi connectivity index (χ4v) is 1.38. The molecule has 0 radical (unpaired) electrons. The SMILES string of the molecule is C=C(C)/C(C(C)=O)=C(\C=C/C)CC. The number of rotatable bonds is 4. The Balaban J connectivity index is 5.25. The number of allylic oxidation sites excluding steroid dienone is 5. The first-order valence-electron chi connectivity index (χ1n) is 4.57. The molecule has 0 spiro atoms. The molecule has 72 valence electrons. The van der Waals surface area contributed by atoms with E-state index in [0.29, 0.717) is 0 Å². The van der Waals surface area contributed by atoms with Crippen molar-refractivity contribution in [3.63, 3.8) is 0 Å². The first-order chi connectivity index (χ1) is 6.04. The maximum atomic E-state index is 11.3. The molecule has 0 aromatic carbocycles. The topological polar surface area (TPSA) is 17.1 Å². The van der Waals surface area contributed by atoms with Crippen LogP contribution in [0.1, 0.15) is 34.1 Å². The van der Waals surface area contributed by atoms with Crippen LogP contribution in [0.4, 0.5) is 0 Å². The van der Waals surface area contributed by atoms with E-state index in [2.05, 4.69) is 6.58 Å². The molecule has 1 heteroatoms. The lowest BCUT2D eigenvalue weighted by molar-refractivity contribution is -0.113. The van der Waals surface area contributed by atoms with E-state index >= 15 is 0 Å². The predicted molar refractivity (Wildman–Crippen MR) is 57.6 cm³/mol. The lowest BCUT2D eigenvalue weighted by Gasteiger charge is -2.07. The van der Waals surface area contributed by atoms with Gasteiger partial charge in [-0.1, -0.05) is 25.7 Å². The molecule has 0 rings (SSSR count). The van der Waals surface area contributed by atoms with E-state index < -0.39 is 0 Å². The van der Waals surface area contributed by atoms with Crippen LogP contribution < -0.4 is 0 Å². The van der Waals surface area contributed by atoms with Gasteiger partial charge in [-0.25, -0.2) is 0 Å². The molecular weight excluding hydrogens is 160 g/mol. The van der Waals surface area contributed by atoms with Gasteiger partial charge in [0, 0.05) is 5.57 Å². The Kier molecular flexibility index (Phi) is 5.05. The summed E-state index contributed by atoms with van der Waals surface area (Å²) in [6.45, 7) is 11.3. The first-order valence-corrected chi connectivity index (χ1v) is 4.57. The number of Topliss-reactive ketones (excluding diaryl/α,β-unsaturated/α-hetero) is 1. The molecule has 0 aromatic heterocycles.